The van der Waals surface area contributed by atoms with Crippen molar-refractivity contribution in [2.24, 2.45) is 5.92 Å². The summed E-state index contributed by atoms with van der Waals surface area (Å²) in [6.07, 6.45) is 4.58. The fourth-order valence-electron chi connectivity index (χ4n) is 1.87. The third kappa shape index (κ3) is 6.97. The van der Waals surface area contributed by atoms with Gasteiger partial charge in [0.05, 0.1) is 6.61 Å². The Bertz CT molecular complexity index is 239. The van der Waals surface area contributed by atoms with Crippen molar-refractivity contribution in [2.45, 2.75) is 58.5 Å². The van der Waals surface area contributed by atoms with Crippen molar-refractivity contribution in [3.8, 4) is 0 Å². The number of carbonyl (C=O) groups excluding carboxylic acids is 1. The minimum atomic E-state index is -0.245. The van der Waals surface area contributed by atoms with Gasteiger partial charge in [0.15, 0.2) is 0 Å². The maximum absolute atomic E-state index is 11.7. The van der Waals surface area contributed by atoms with Crippen LogP contribution in [-0.4, -0.2) is 37.9 Å². The van der Waals surface area contributed by atoms with Crippen molar-refractivity contribution in [1.82, 2.24) is 5.32 Å². The Kier molecular flexibility index (Phi) is 7.28. The lowest BCUT2D eigenvalue weighted by Crippen LogP contribution is -2.42. The molecule has 0 bridgehead atoms. The van der Waals surface area contributed by atoms with Crippen molar-refractivity contribution in [2.75, 3.05) is 19.8 Å². The number of hydrogen-bond donors (Lipinski definition) is 1. The smallest absolute Gasteiger partial charge is 0.323 e. The van der Waals surface area contributed by atoms with E-state index in [1.807, 2.05) is 20.8 Å². The van der Waals surface area contributed by atoms with E-state index in [2.05, 4.69) is 5.32 Å². The SMILES string of the molecule is CCOC(=O)C(CCOCCC1CC1)NC(C)C. The van der Waals surface area contributed by atoms with Gasteiger partial charge >= 0.3 is 5.97 Å². The molecular formula is C14H27NO3. The van der Waals surface area contributed by atoms with Crippen molar-refractivity contribution in [3.63, 3.8) is 0 Å². The highest BCUT2D eigenvalue weighted by Crippen LogP contribution is 2.32. The minimum Gasteiger partial charge on any atom is -0.465 e. The molecule has 1 saturated carbocycles. The molecule has 1 rings (SSSR count). The summed E-state index contributed by atoms with van der Waals surface area (Å²) in [5, 5.41) is 3.22. The molecule has 0 aromatic heterocycles. The first-order valence-electron chi connectivity index (χ1n) is 7.14. The molecule has 1 unspecified atom stereocenters. The van der Waals surface area contributed by atoms with Gasteiger partial charge < -0.3 is 14.8 Å². The van der Waals surface area contributed by atoms with E-state index in [4.69, 9.17) is 9.47 Å². The molecule has 106 valence electrons. The zero-order valence-electron chi connectivity index (χ0n) is 11.9. The van der Waals surface area contributed by atoms with Gasteiger partial charge in [-0.25, -0.2) is 0 Å². The van der Waals surface area contributed by atoms with E-state index in [0.29, 0.717) is 19.6 Å². The fraction of sp³-hybridized carbons (Fsp3) is 0.929. The van der Waals surface area contributed by atoms with Crippen LogP contribution in [-0.2, 0) is 14.3 Å². The van der Waals surface area contributed by atoms with Crippen LogP contribution in [0.3, 0.4) is 0 Å². The lowest BCUT2D eigenvalue weighted by atomic mass is 10.2. The molecular weight excluding hydrogens is 230 g/mol. The Morgan fingerprint density at radius 2 is 2.06 bits per heavy atom. The number of nitrogens with one attached hydrogen (secondary N) is 1. The number of rotatable bonds is 10. The van der Waals surface area contributed by atoms with Crippen LogP contribution in [0.25, 0.3) is 0 Å². The Labute approximate surface area is 110 Å². The number of carbonyl (C=O) groups is 1. The van der Waals surface area contributed by atoms with Gasteiger partial charge in [0.2, 0.25) is 0 Å². The number of ether oxygens (including phenoxy) is 2. The van der Waals surface area contributed by atoms with Gasteiger partial charge in [-0.15, -0.1) is 0 Å². The van der Waals surface area contributed by atoms with E-state index >= 15 is 0 Å². The average Bonchev–Trinajstić information content (AvgIpc) is 3.11. The predicted molar refractivity (Wildman–Crippen MR) is 71.5 cm³/mol. The van der Waals surface area contributed by atoms with E-state index in [0.717, 1.165) is 12.5 Å². The van der Waals surface area contributed by atoms with Gasteiger partial charge in [-0.2, -0.15) is 0 Å². The topological polar surface area (TPSA) is 47.6 Å². The van der Waals surface area contributed by atoms with E-state index in [1.54, 1.807) is 0 Å². The predicted octanol–water partition coefficient (Wildman–Crippen LogP) is 2.12. The Morgan fingerprint density at radius 3 is 2.61 bits per heavy atom. The lowest BCUT2D eigenvalue weighted by molar-refractivity contribution is -0.146. The van der Waals surface area contributed by atoms with Crippen LogP contribution >= 0.6 is 0 Å². The molecule has 1 fully saturated rings. The quantitative estimate of drug-likeness (QED) is 0.481. The Morgan fingerprint density at radius 1 is 1.33 bits per heavy atom. The Balaban J connectivity index is 2.14. The monoisotopic (exact) mass is 257 g/mol. The highest BCUT2D eigenvalue weighted by molar-refractivity contribution is 5.75. The third-order valence-corrected chi connectivity index (χ3v) is 3.02. The van der Waals surface area contributed by atoms with Crippen molar-refractivity contribution in [3.05, 3.63) is 0 Å². The van der Waals surface area contributed by atoms with Gasteiger partial charge in [0.25, 0.3) is 0 Å². The van der Waals surface area contributed by atoms with Crippen molar-refractivity contribution in [1.29, 1.82) is 0 Å². The molecule has 4 heteroatoms. The van der Waals surface area contributed by atoms with E-state index in [9.17, 15) is 4.79 Å². The summed E-state index contributed by atoms with van der Waals surface area (Å²) in [6, 6.07) is 0.0248. The minimum absolute atomic E-state index is 0.169. The summed E-state index contributed by atoms with van der Waals surface area (Å²) in [5.41, 5.74) is 0. The molecule has 1 N–H and O–H groups in total. The van der Waals surface area contributed by atoms with Crippen LogP contribution < -0.4 is 5.32 Å². The van der Waals surface area contributed by atoms with Crippen LogP contribution in [0.4, 0.5) is 0 Å². The normalized spacial score (nSPS) is 16.9. The maximum Gasteiger partial charge on any atom is 0.323 e. The van der Waals surface area contributed by atoms with E-state index in [-0.39, 0.29) is 18.1 Å². The number of hydrogen-bond acceptors (Lipinski definition) is 4. The second kappa shape index (κ2) is 8.48. The molecule has 0 aliphatic heterocycles. The molecule has 0 radical (unpaired) electrons. The summed E-state index contributed by atoms with van der Waals surface area (Å²) < 4.78 is 10.6. The van der Waals surface area contributed by atoms with Crippen LogP contribution in [0.15, 0.2) is 0 Å². The first kappa shape index (κ1) is 15.4. The first-order valence-corrected chi connectivity index (χ1v) is 7.14. The van der Waals surface area contributed by atoms with Crippen LogP contribution in [0.2, 0.25) is 0 Å². The van der Waals surface area contributed by atoms with Crippen LogP contribution in [0.5, 0.6) is 0 Å². The zero-order chi connectivity index (χ0) is 13.4. The highest BCUT2D eigenvalue weighted by Gasteiger charge is 2.22. The largest absolute Gasteiger partial charge is 0.465 e. The summed E-state index contributed by atoms with van der Waals surface area (Å²) in [4.78, 5) is 11.7. The third-order valence-electron chi connectivity index (χ3n) is 3.02. The Hall–Kier alpha value is -0.610. The lowest BCUT2D eigenvalue weighted by Gasteiger charge is -2.19. The molecule has 1 aliphatic rings. The summed E-state index contributed by atoms with van der Waals surface area (Å²) >= 11 is 0. The van der Waals surface area contributed by atoms with E-state index in [1.165, 1.54) is 19.3 Å². The molecule has 1 aliphatic carbocycles. The highest BCUT2D eigenvalue weighted by atomic mass is 16.5. The molecule has 0 aromatic carbocycles. The van der Waals surface area contributed by atoms with Crippen LogP contribution in [0, 0.1) is 5.92 Å². The molecule has 4 nitrogen and oxygen atoms in total. The second-order valence-corrected chi connectivity index (χ2v) is 5.26. The molecule has 0 spiro atoms. The molecule has 18 heavy (non-hydrogen) atoms. The molecule has 0 aromatic rings. The molecule has 0 heterocycles. The molecule has 1 atom stereocenters. The average molecular weight is 257 g/mol. The van der Waals surface area contributed by atoms with Crippen molar-refractivity contribution < 1.29 is 14.3 Å². The van der Waals surface area contributed by atoms with Gasteiger partial charge in [-0.3, -0.25) is 4.79 Å². The first-order chi connectivity index (χ1) is 8.63. The summed E-state index contributed by atoms with van der Waals surface area (Å²) in [6.45, 7) is 7.76. The zero-order valence-corrected chi connectivity index (χ0v) is 11.9. The summed E-state index contributed by atoms with van der Waals surface area (Å²) in [7, 11) is 0. The van der Waals surface area contributed by atoms with E-state index < -0.39 is 0 Å². The van der Waals surface area contributed by atoms with Gasteiger partial charge in [-0.1, -0.05) is 26.7 Å². The fourth-order valence-corrected chi connectivity index (χ4v) is 1.87. The maximum atomic E-state index is 11.7. The van der Waals surface area contributed by atoms with Gasteiger partial charge in [0.1, 0.15) is 6.04 Å². The second-order valence-electron chi connectivity index (χ2n) is 5.26. The molecule has 0 saturated heterocycles. The standard InChI is InChI=1S/C14H27NO3/c1-4-18-14(16)13(15-11(2)3)8-10-17-9-7-12-5-6-12/h11-13,15H,4-10H2,1-3H3. The van der Waals surface area contributed by atoms with Gasteiger partial charge in [0, 0.05) is 19.3 Å². The van der Waals surface area contributed by atoms with Gasteiger partial charge in [-0.05, 0) is 25.7 Å². The summed E-state index contributed by atoms with van der Waals surface area (Å²) in [5.74, 6) is 0.733. The van der Waals surface area contributed by atoms with Crippen LogP contribution in [0.1, 0.15) is 46.5 Å². The number of esters is 1. The van der Waals surface area contributed by atoms with Crippen molar-refractivity contribution >= 4 is 5.97 Å². The molecule has 0 amide bonds.